The van der Waals surface area contributed by atoms with Crippen LogP contribution in [0.5, 0.6) is 0 Å². The molecule has 0 N–H and O–H groups in total. The Kier molecular flexibility index (Phi) is 12.5. The number of ether oxygens (including phenoxy) is 1. The Morgan fingerprint density at radius 1 is 1.04 bits per heavy atom. The molecule has 0 unspecified atom stereocenters. The molecule has 0 heterocycles. The van der Waals surface area contributed by atoms with Crippen molar-refractivity contribution in [3.8, 4) is 0 Å². The summed E-state index contributed by atoms with van der Waals surface area (Å²) in [6, 6.07) is 0. The van der Waals surface area contributed by atoms with Gasteiger partial charge in [0.1, 0.15) is 5.78 Å². The highest BCUT2D eigenvalue weighted by Gasteiger charge is 2.19. The maximum atomic E-state index is 12.7. The van der Waals surface area contributed by atoms with E-state index in [4.69, 9.17) is 4.74 Å². The van der Waals surface area contributed by atoms with E-state index in [1.54, 1.807) is 12.2 Å². The van der Waals surface area contributed by atoms with Crippen LogP contribution in [0.15, 0.2) is 48.8 Å². The monoisotopic (exact) mass is 332 g/mol. The summed E-state index contributed by atoms with van der Waals surface area (Å²) in [6.45, 7) is 11.3. The average molecular weight is 332 g/mol. The van der Waals surface area contributed by atoms with Gasteiger partial charge in [-0.25, -0.2) is 0 Å². The van der Waals surface area contributed by atoms with Gasteiger partial charge in [0.25, 0.3) is 0 Å². The highest BCUT2D eigenvalue weighted by atomic mass is 16.5. The van der Waals surface area contributed by atoms with Gasteiger partial charge in [-0.3, -0.25) is 9.59 Å². The molecular weight excluding hydrogens is 300 g/mol. The van der Waals surface area contributed by atoms with Crippen molar-refractivity contribution in [2.24, 2.45) is 5.92 Å². The van der Waals surface area contributed by atoms with Crippen LogP contribution in [-0.4, -0.2) is 18.7 Å². The summed E-state index contributed by atoms with van der Waals surface area (Å²) in [6.07, 6.45) is 12.2. The predicted octanol–water partition coefficient (Wildman–Crippen LogP) is 5.34. The fourth-order valence-electron chi connectivity index (χ4n) is 2.29. The van der Waals surface area contributed by atoms with Crippen molar-refractivity contribution in [1.29, 1.82) is 0 Å². The lowest BCUT2D eigenvalue weighted by Gasteiger charge is -2.11. The van der Waals surface area contributed by atoms with Crippen molar-refractivity contribution in [2.75, 3.05) is 7.11 Å². The summed E-state index contributed by atoms with van der Waals surface area (Å²) in [5.74, 6) is 0.419. The van der Waals surface area contributed by atoms with Gasteiger partial charge >= 0.3 is 0 Å². The van der Waals surface area contributed by atoms with E-state index in [1.807, 2.05) is 26.0 Å². The lowest BCUT2D eigenvalue weighted by Crippen LogP contribution is -2.13. The number of rotatable bonds is 14. The summed E-state index contributed by atoms with van der Waals surface area (Å²) < 4.78 is 5.23. The van der Waals surface area contributed by atoms with Crippen molar-refractivity contribution in [3.63, 3.8) is 0 Å². The van der Waals surface area contributed by atoms with Crippen molar-refractivity contribution >= 4 is 11.6 Å². The van der Waals surface area contributed by atoms with Crippen LogP contribution in [0.25, 0.3) is 0 Å². The molecule has 0 amide bonds. The van der Waals surface area contributed by atoms with Crippen LogP contribution in [0.1, 0.15) is 58.8 Å². The minimum absolute atomic E-state index is 0.0980. The highest BCUT2D eigenvalue weighted by Crippen LogP contribution is 2.17. The molecule has 134 valence electrons. The van der Waals surface area contributed by atoms with Gasteiger partial charge in [-0.1, -0.05) is 32.1 Å². The van der Waals surface area contributed by atoms with Gasteiger partial charge in [0, 0.05) is 18.4 Å². The zero-order chi connectivity index (χ0) is 18.4. The minimum atomic E-state index is -0.185. The zero-order valence-electron chi connectivity index (χ0n) is 15.5. The van der Waals surface area contributed by atoms with E-state index in [1.165, 1.54) is 7.11 Å². The second-order valence-corrected chi connectivity index (χ2v) is 6.15. The fourth-order valence-corrected chi connectivity index (χ4v) is 2.29. The molecular formula is C21H32O3. The maximum absolute atomic E-state index is 12.7. The van der Waals surface area contributed by atoms with E-state index in [0.717, 1.165) is 25.7 Å². The number of allylic oxidation sites excluding steroid dienone is 5. The molecule has 0 aromatic carbocycles. The summed E-state index contributed by atoms with van der Waals surface area (Å²) in [5.41, 5.74) is 0.533. The first-order chi connectivity index (χ1) is 11.5. The summed E-state index contributed by atoms with van der Waals surface area (Å²) in [7, 11) is 1.49. The molecule has 24 heavy (non-hydrogen) atoms. The Labute approximate surface area is 147 Å². The molecule has 0 radical (unpaired) electrons. The fraction of sp³-hybridized carbons (Fsp3) is 0.524. The van der Waals surface area contributed by atoms with Crippen LogP contribution in [0.3, 0.4) is 0 Å². The number of ketones is 2. The lowest BCUT2D eigenvalue weighted by molar-refractivity contribution is -0.121. The smallest absolute Gasteiger partial charge is 0.223 e. The van der Waals surface area contributed by atoms with Crippen LogP contribution in [0.2, 0.25) is 0 Å². The number of methoxy groups -OCH3 is 1. The molecule has 0 saturated heterocycles. The molecule has 0 aliphatic carbocycles. The van der Waals surface area contributed by atoms with E-state index >= 15 is 0 Å². The van der Waals surface area contributed by atoms with Gasteiger partial charge in [0.2, 0.25) is 5.78 Å². The first-order valence-electron chi connectivity index (χ1n) is 8.69. The minimum Gasteiger partial charge on any atom is -0.493 e. The van der Waals surface area contributed by atoms with Crippen LogP contribution >= 0.6 is 0 Å². The highest BCUT2D eigenvalue weighted by molar-refractivity contribution is 6.09. The van der Waals surface area contributed by atoms with Gasteiger partial charge in [-0.15, -0.1) is 13.2 Å². The summed E-state index contributed by atoms with van der Waals surface area (Å²) in [4.78, 5) is 24.8. The van der Waals surface area contributed by atoms with E-state index < -0.39 is 0 Å². The second kappa shape index (κ2) is 13.5. The Morgan fingerprint density at radius 2 is 1.71 bits per heavy atom. The Bertz CT molecular complexity index is 481. The molecule has 0 aromatic rings. The van der Waals surface area contributed by atoms with Crippen LogP contribution < -0.4 is 0 Å². The van der Waals surface area contributed by atoms with E-state index in [-0.39, 0.29) is 23.9 Å². The SMILES string of the molecule is C=CCC/C=C(\OC)C(=O)/C(=C/C(C)C)CC(=O)CCCCC=C. The Hall–Kier alpha value is -1.90. The zero-order valence-corrected chi connectivity index (χ0v) is 15.5. The van der Waals surface area contributed by atoms with Crippen LogP contribution in [0.4, 0.5) is 0 Å². The van der Waals surface area contributed by atoms with Crippen LogP contribution in [0, 0.1) is 5.92 Å². The van der Waals surface area contributed by atoms with Crippen molar-refractivity contribution < 1.29 is 14.3 Å². The number of hydrogen-bond acceptors (Lipinski definition) is 3. The third-order valence-corrected chi connectivity index (χ3v) is 3.47. The number of Topliss-reactive ketones (excluding diaryl/α,β-unsaturated/α-hetero) is 2. The number of unbranched alkanes of at least 4 members (excludes halogenated alkanes) is 3. The molecule has 0 fully saturated rings. The largest absolute Gasteiger partial charge is 0.493 e. The quantitative estimate of drug-likeness (QED) is 0.187. The molecule has 0 atom stereocenters. The molecule has 0 saturated carbocycles. The topological polar surface area (TPSA) is 43.4 Å². The van der Waals surface area contributed by atoms with E-state index in [9.17, 15) is 9.59 Å². The van der Waals surface area contributed by atoms with Crippen molar-refractivity contribution in [3.05, 3.63) is 48.8 Å². The molecule has 0 aliphatic heterocycles. The Balaban J connectivity index is 4.95. The third kappa shape index (κ3) is 9.98. The first-order valence-corrected chi connectivity index (χ1v) is 8.69. The van der Waals surface area contributed by atoms with Gasteiger partial charge in [0.05, 0.1) is 7.11 Å². The van der Waals surface area contributed by atoms with Crippen molar-refractivity contribution in [1.82, 2.24) is 0 Å². The number of hydrogen-bond donors (Lipinski definition) is 0. The van der Waals surface area contributed by atoms with Gasteiger partial charge in [0.15, 0.2) is 5.76 Å². The van der Waals surface area contributed by atoms with Crippen molar-refractivity contribution in [2.45, 2.75) is 58.8 Å². The Morgan fingerprint density at radius 3 is 2.25 bits per heavy atom. The lowest BCUT2D eigenvalue weighted by atomic mass is 9.96. The number of carbonyl (C=O) groups excluding carboxylic acids is 2. The second-order valence-electron chi connectivity index (χ2n) is 6.15. The van der Waals surface area contributed by atoms with Gasteiger partial charge in [-0.05, 0) is 44.1 Å². The van der Waals surface area contributed by atoms with Gasteiger partial charge in [-0.2, -0.15) is 0 Å². The van der Waals surface area contributed by atoms with Crippen LogP contribution in [-0.2, 0) is 14.3 Å². The van der Waals surface area contributed by atoms with E-state index in [0.29, 0.717) is 24.2 Å². The predicted molar refractivity (Wildman–Crippen MR) is 101 cm³/mol. The number of carbonyl (C=O) groups is 2. The third-order valence-electron chi connectivity index (χ3n) is 3.47. The molecule has 0 spiro atoms. The molecule has 0 bridgehead atoms. The summed E-state index contributed by atoms with van der Waals surface area (Å²) >= 11 is 0. The maximum Gasteiger partial charge on any atom is 0.223 e. The van der Waals surface area contributed by atoms with E-state index in [2.05, 4.69) is 13.2 Å². The molecule has 3 nitrogen and oxygen atoms in total. The normalized spacial score (nSPS) is 12.2. The first kappa shape index (κ1) is 22.1. The summed E-state index contributed by atoms with van der Waals surface area (Å²) in [5, 5.41) is 0. The molecule has 0 aliphatic rings. The molecule has 3 heteroatoms. The molecule has 0 rings (SSSR count). The standard InChI is InChI=1S/C21H32O3/c1-6-8-10-12-13-19(22)16-18(15-17(3)4)21(23)20(24-5)14-11-9-7-2/h6-7,14-15,17H,1-2,8-13,16H2,3-5H3/b18-15+,20-14-. The average Bonchev–Trinajstić information content (AvgIpc) is 2.54. The molecule has 0 aromatic heterocycles. The van der Waals surface area contributed by atoms with Gasteiger partial charge < -0.3 is 4.74 Å².